The van der Waals surface area contributed by atoms with Gasteiger partial charge in [0.15, 0.2) is 0 Å². The zero-order valence-corrected chi connectivity index (χ0v) is 11.4. The van der Waals surface area contributed by atoms with Crippen LogP contribution in [0.4, 0.5) is 0 Å². The molecule has 3 atom stereocenters. The van der Waals surface area contributed by atoms with Crippen LogP contribution in [0.5, 0.6) is 0 Å². The van der Waals surface area contributed by atoms with Crippen LogP contribution in [0.15, 0.2) is 16.8 Å². The summed E-state index contributed by atoms with van der Waals surface area (Å²) in [5.41, 5.74) is 7.37. The topological polar surface area (TPSA) is 46.3 Å². The number of nitrogens with two attached hydrogens (primary N) is 1. The lowest BCUT2D eigenvalue weighted by Gasteiger charge is -2.28. The van der Waals surface area contributed by atoms with Gasteiger partial charge in [0, 0.05) is 12.6 Å². The Balaban J connectivity index is 1.76. The highest BCUT2D eigenvalue weighted by Gasteiger charge is 2.38. The fraction of sp³-hybridized carbons (Fsp3) is 0.643. The zero-order valence-electron chi connectivity index (χ0n) is 10.5. The summed E-state index contributed by atoms with van der Waals surface area (Å²) in [4.78, 5) is 14.7. The van der Waals surface area contributed by atoms with E-state index in [1.54, 1.807) is 11.3 Å². The molecular formula is C14H20N2OS. The molecule has 1 saturated carbocycles. The Hall–Kier alpha value is -0.870. The molecule has 0 aromatic carbocycles. The fourth-order valence-electron chi connectivity index (χ4n) is 3.35. The van der Waals surface area contributed by atoms with Gasteiger partial charge in [0.05, 0.1) is 12.0 Å². The van der Waals surface area contributed by atoms with E-state index in [0.717, 1.165) is 38.6 Å². The molecule has 0 bridgehead atoms. The normalized spacial score (nSPS) is 32.1. The predicted molar refractivity (Wildman–Crippen MR) is 73.3 cm³/mol. The Morgan fingerprint density at radius 2 is 2.22 bits per heavy atom. The maximum atomic E-state index is 12.6. The number of hydrogen-bond acceptors (Lipinski definition) is 3. The third kappa shape index (κ3) is 2.08. The molecule has 0 radical (unpaired) electrons. The van der Waals surface area contributed by atoms with Crippen LogP contribution in [-0.2, 0) is 4.79 Å². The first-order chi connectivity index (χ1) is 8.77. The second-order valence-electron chi connectivity index (χ2n) is 5.45. The van der Waals surface area contributed by atoms with Crippen molar-refractivity contribution in [1.29, 1.82) is 0 Å². The lowest BCUT2D eigenvalue weighted by atomic mass is 10.0. The third-order valence-electron chi connectivity index (χ3n) is 4.35. The molecule has 18 heavy (non-hydrogen) atoms. The highest BCUT2D eigenvalue weighted by molar-refractivity contribution is 7.07. The molecule has 1 saturated heterocycles. The summed E-state index contributed by atoms with van der Waals surface area (Å²) in [7, 11) is 0. The SMILES string of the molecule is NC1CCCC1C(=O)N1CCCC1c1ccsc1. The van der Waals surface area contributed by atoms with Crippen molar-refractivity contribution in [3.8, 4) is 0 Å². The van der Waals surface area contributed by atoms with E-state index < -0.39 is 0 Å². The highest BCUT2D eigenvalue weighted by atomic mass is 32.1. The number of hydrogen-bond donors (Lipinski definition) is 1. The van der Waals surface area contributed by atoms with Crippen LogP contribution in [0.25, 0.3) is 0 Å². The molecule has 98 valence electrons. The molecule has 2 heterocycles. The molecule has 1 aliphatic heterocycles. The first-order valence-electron chi connectivity index (χ1n) is 6.85. The van der Waals surface area contributed by atoms with Crippen molar-refractivity contribution in [1.82, 2.24) is 4.90 Å². The van der Waals surface area contributed by atoms with Crippen LogP contribution in [0.3, 0.4) is 0 Å². The minimum absolute atomic E-state index is 0.0734. The van der Waals surface area contributed by atoms with Crippen LogP contribution in [0.1, 0.15) is 43.7 Å². The smallest absolute Gasteiger partial charge is 0.227 e. The molecule has 3 unspecified atom stereocenters. The second-order valence-corrected chi connectivity index (χ2v) is 6.23. The van der Waals surface area contributed by atoms with Crippen molar-refractivity contribution in [2.45, 2.75) is 44.2 Å². The van der Waals surface area contributed by atoms with E-state index in [0.29, 0.717) is 11.9 Å². The minimum atomic E-state index is 0.0734. The molecular weight excluding hydrogens is 244 g/mol. The summed E-state index contributed by atoms with van der Waals surface area (Å²) in [5.74, 6) is 0.373. The standard InChI is InChI=1S/C14H20N2OS/c15-12-4-1-3-11(12)14(17)16-7-2-5-13(16)10-6-8-18-9-10/h6,8-9,11-13H,1-5,7,15H2. The van der Waals surface area contributed by atoms with Crippen molar-refractivity contribution in [2.75, 3.05) is 6.54 Å². The molecule has 1 amide bonds. The number of carbonyl (C=O) groups excluding carboxylic acids is 1. The number of carbonyl (C=O) groups is 1. The summed E-state index contributed by atoms with van der Waals surface area (Å²) in [5, 5.41) is 4.27. The van der Waals surface area contributed by atoms with Gasteiger partial charge < -0.3 is 10.6 Å². The molecule has 2 N–H and O–H groups in total. The van der Waals surface area contributed by atoms with Crippen molar-refractivity contribution in [3.63, 3.8) is 0 Å². The first kappa shape index (κ1) is 12.2. The summed E-state index contributed by atoms with van der Waals surface area (Å²) in [6, 6.07) is 2.54. The highest BCUT2D eigenvalue weighted by Crippen LogP contribution is 2.36. The van der Waals surface area contributed by atoms with Crippen molar-refractivity contribution in [3.05, 3.63) is 22.4 Å². The molecule has 0 spiro atoms. The monoisotopic (exact) mass is 264 g/mol. The summed E-state index contributed by atoms with van der Waals surface area (Å²) < 4.78 is 0. The average molecular weight is 264 g/mol. The van der Waals surface area contributed by atoms with E-state index in [2.05, 4.69) is 21.7 Å². The second kappa shape index (κ2) is 5.02. The van der Waals surface area contributed by atoms with Crippen LogP contribution < -0.4 is 5.73 Å². The number of amides is 1. The summed E-state index contributed by atoms with van der Waals surface area (Å²) >= 11 is 1.71. The van der Waals surface area contributed by atoms with Gasteiger partial charge in [0.25, 0.3) is 0 Å². The minimum Gasteiger partial charge on any atom is -0.335 e. The number of thiophene rings is 1. The van der Waals surface area contributed by atoms with Crippen molar-refractivity contribution in [2.24, 2.45) is 11.7 Å². The van der Waals surface area contributed by atoms with Crippen molar-refractivity contribution < 1.29 is 4.79 Å². The Bertz CT molecular complexity index is 417. The van der Waals surface area contributed by atoms with Gasteiger partial charge in [-0.15, -0.1) is 0 Å². The molecule has 3 nitrogen and oxygen atoms in total. The van der Waals surface area contributed by atoms with E-state index >= 15 is 0 Å². The molecule has 1 aliphatic carbocycles. The maximum Gasteiger partial charge on any atom is 0.227 e. The lowest BCUT2D eigenvalue weighted by molar-refractivity contribution is -0.136. The van der Waals surface area contributed by atoms with E-state index in [1.807, 2.05) is 0 Å². The Morgan fingerprint density at radius 3 is 2.89 bits per heavy atom. The van der Waals surface area contributed by atoms with Gasteiger partial charge in [-0.2, -0.15) is 11.3 Å². The molecule has 1 aromatic rings. The van der Waals surface area contributed by atoms with Gasteiger partial charge in [0.1, 0.15) is 0 Å². The lowest BCUT2D eigenvalue weighted by Crippen LogP contribution is -2.41. The van der Waals surface area contributed by atoms with E-state index in [4.69, 9.17) is 5.73 Å². The molecule has 4 heteroatoms. The van der Waals surface area contributed by atoms with E-state index in [1.165, 1.54) is 5.56 Å². The van der Waals surface area contributed by atoms with Gasteiger partial charge in [-0.3, -0.25) is 4.79 Å². The molecule has 1 aromatic heterocycles. The Kier molecular flexibility index (Phi) is 3.39. The van der Waals surface area contributed by atoms with Gasteiger partial charge in [0.2, 0.25) is 5.91 Å². The Labute approximate surface area is 112 Å². The largest absolute Gasteiger partial charge is 0.335 e. The summed E-state index contributed by atoms with van der Waals surface area (Å²) in [6.07, 6.45) is 5.31. The van der Waals surface area contributed by atoms with Crippen molar-refractivity contribution >= 4 is 17.2 Å². The van der Waals surface area contributed by atoms with E-state index in [-0.39, 0.29) is 12.0 Å². The van der Waals surface area contributed by atoms with Gasteiger partial charge in [-0.1, -0.05) is 6.42 Å². The number of nitrogens with zero attached hydrogens (tertiary/aromatic N) is 1. The van der Waals surface area contributed by atoms with Crippen LogP contribution in [0, 0.1) is 5.92 Å². The fourth-order valence-corrected chi connectivity index (χ4v) is 4.06. The third-order valence-corrected chi connectivity index (χ3v) is 5.05. The average Bonchev–Trinajstić information content (AvgIpc) is 3.09. The number of likely N-dealkylation sites (tertiary alicyclic amines) is 1. The molecule has 2 fully saturated rings. The van der Waals surface area contributed by atoms with Crippen LogP contribution in [-0.4, -0.2) is 23.4 Å². The molecule has 2 aliphatic rings. The van der Waals surface area contributed by atoms with Gasteiger partial charge in [-0.25, -0.2) is 0 Å². The maximum absolute atomic E-state index is 12.6. The Morgan fingerprint density at radius 1 is 1.33 bits per heavy atom. The van der Waals surface area contributed by atoms with Gasteiger partial charge in [-0.05, 0) is 48.1 Å². The van der Waals surface area contributed by atoms with Crippen LogP contribution in [0.2, 0.25) is 0 Å². The number of rotatable bonds is 2. The van der Waals surface area contributed by atoms with Crippen LogP contribution >= 0.6 is 11.3 Å². The summed E-state index contributed by atoms with van der Waals surface area (Å²) in [6.45, 7) is 0.905. The zero-order chi connectivity index (χ0) is 12.5. The van der Waals surface area contributed by atoms with Gasteiger partial charge >= 0.3 is 0 Å². The first-order valence-corrected chi connectivity index (χ1v) is 7.80. The quantitative estimate of drug-likeness (QED) is 0.892. The van der Waals surface area contributed by atoms with E-state index in [9.17, 15) is 4.79 Å². The molecule has 3 rings (SSSR count). The predicted octanol–water partition coefficient (Wildman–Crippen LogP) is 2.54.